The molecule has 2 nitrogen and oxygen atoms in total. The third-order valence-corrected chi connectivity index (χ3v) is 2.31. The summed E-state index contributed by atoms with van der Waals surface area (Å²) in [5.41, 5.74) is -0.711. The Balaban J connectivity index is 2.87. The lowest BCUT2D eigenvalue weighted by Crippen LogP contribution is -2.29. The highest BCUT2D eigenvalue weighted by Gasteiger charge is 2.28. The molecular weight excluding hydrogens is 176 g/mol. The van der Waals surface area contributed by atoms with Crippen LogP contribution in [0.4, 0.5) is 0 Å². The minimum Gasteiger partial charge on any atom is -0.370 e. The van der Waals surface area contributed by atoms with Gasteiger partial charge in [0.1, 0.15) is 0 Å². The zero-order chi connectivity index (χ0) is 10.6. The van der Waals surface area contributed by atoms with Gasteiger partial charge in [-0.1, -0.05) is 19.3 Å². The van der Waals surface area contributed by atoms with Gasteiger partial charge in [0.25, 0.3) is 0 Å². The Morgan fingerprint density at radius 3 is 2.93 bits per heavy atom. The minimum atomic E-state index is -1.34. The molecule has 1 unspecified atom stereocenters. The van der Waals surface area contributed by atoms with Gasteiger partial charge < -0.3 is 5.11 Å². The molecule has 0 radical (unpaired) electrons. The number of rotatable bonds is 3. The molecule has 74 valence electrons. The van der Waals surface area contributed by atoms with Crippen LogP contribution in [0.25, 0.3) is 0 Å². The highest BCUT2D eigenvalue weighted by molar-refractivity contribution is 6.01. The average molecular weight is 190 g/mol. The molecule has 0 aromatic carbocycles. The summed E-state index contributed by atoms with van der Waals surface area (Å²) >= 11 is 0. The third-order valence-electron chi connectivity index (χ3n) is 2.31. The van der Waals surface area contributed by atoms with Gasteiger partial charge in [0.2, 0.25) is 0 Å². The zero-order valence-corrected chi connectivity index (χ0v) is 8.29. The molecule has 0 saturated heterocycles. The second-order valence-electron chi connectivity index (χ2n) is 3.42. The van der Waals surface area contributed by atoms with Crippen LogP contribution in [0.3, 0.4) is 0 Å². The SMILES string of the molecule is C#CC1(O)C=CC(=O)C=C1CCCC. The molecule has 1 aliphatic rings. The van der Waals surface area contributed by atoms with E-state index >= 15 is 0 Å². The first-order valence-electron chi connectivity index (χ1n) is 4.77. The van der Waals surface area contributed by atoms with Gasteiger partial charge in [-0.3, -0.25) is 4.79 Å². The molecular formula is C12H14O2. The summed E-state index contributed by atoms with van der Waals surface area (Å²) in [7, 11) is 0. The smallest absolute Gasteiger partial charge is 0.178 e. The van der Waals surface area contributed by atoms with E-state index in [1.54, 1.807) is 0 Å². The minimum absolute atomic E-state index is 0.101. The maximum Gasteiger partial charge on any atom is 0.178 e. The third kappa shape index (κ3) is 2.12. The van der Waals surface area contributed by atoms with Crippen LogP contribution in [0.2, 0.25) is 0 Å². The van der Waals surface area contributed by atoms with Crippen LogP contribution < -0.4 is 0 Å². The molecule has 1 rings (SSSR count). The predicted octanol–water partition coefficient (Wildman–Crippen LogP) is 1.61. The first-order chi connectivity index (χ1) is 6.62. The number of hydrogen-bond acceptors (Lipinski definition) is 2. The maximum atomic E-state index is 11.1. The number of carbonyl (C=O) groups excluding carboxylic acids is 1. The largest absolute Gasteiger partial charge is 0.370 e. The molecule has 0 heterocycles. The van der Waals surface area contributed by atoms with Gasteiger partial charge in [-0.15, -0.1) is 6.42 Å². The highest BCUT2D eigenvalue weighted by atomic mass is 16.3. The lowest BCUT2D eigenvalue weighted by Gasteiger charge is -2.24. The van der Waals surface area contributed by atoms with Crippen molar-refractivity contribution >= 4 is 5.78 Å². The lowest BCUT2D eigenvalue weighted by atomic mass is 9.86. The monoisotopic (exact) mass is 190 g/mol. The number of carbonyl (C=O) groups is 1. The summed E-state index contributed by atoms with van der Waals surface area (Å²) in [5.74, 6) is 2.21. The number of unbranched alkanes of at least 4 members (excludes halogenated alkanes) is 1. The van der Waals surface area contributed by atoms with Crippen molar-refractivity contribution in [2.24, 2.45) is 0 Å². The van der Waals surface area contributed by atoms with Gasteiger partial charge in [-0.25, -0.2) is 0 Å². The van der Waals surface area contributed by atoms with Gasteiger partial charge in [0.05, 0.1) is 0 Å². The molecule has 2 heteroatoms. The van der Waals surface area contributed by atoms with Crippen LogP contribution in [0, 0.1) is 12.3 Å². The van der Waals surface area contributed by atoms with E-state index in [4.69, 9.17) is 6.42 Å². The highest BCUT2D eigenvalue weighted by Crippen LogP contribution is 2.26. The van der Waals surface area contributed by atoms with Crippen LogP contribution in [0.15, 0.2) is 23.8 Å². The lowest BCUT2D eigenvalue weighted by molar-refractivity contribution is -0.110. The Bertz CT molecular complexity index is 331. The van der Waals surface area contributed by atoms with E-state index in [1.807, 2.05) is 0 Å². The Kier molecular flexibility index (Phi) is 3.27. The summed E-state index contributed by atoms with van der Waals surface area (Å²) in [5, 5.41) is 9.94. The number of hydrogen-bond donors (Lipinski definition) is 1. The van der Waals surface area contributed by atoms with E-state index in [1.165, 1.54) is 18.2 Å². The van der Waals surface area contributed by atoms with Crippen LogP contribution in [-0.4, -0.2) is 16.5 Å². The van der Waals surface area contributed by atoms with E-state index in [0.717, 1.165) is 12.8 Å². The number of terminal acetylenes is 1. The second-order valence-corrected chi connectivity index (χ2v) is 3.42. The molecule has 0 amide bonds. The summed E-state index contributed by atoms with van der Waals surface area (Å²) in [6, 6.07) is 0. The molecule has 0 fully saturated rings. The zero-order valence-electron chi connectivity index (χ0n) is 8.29. The number of allylic oxidation sites excluding steroid dienone is 2. The fourth-order valence-electron chi connectivity index (χ4n) is 1.41. The predicted molar refractivity (Wildman–Crippen MR) is 55.5 cm³/mol. The van der Waals surface area contributed by atoms with Crippen molar-refractivity contribution in [3.05, 3.63) is 23.8 Å². The maximum absolute atomic E-state index is 11.1. The van der Waals surface area contributed by atoms with E-state index < -0.39 is 5.60 Å². The first-order valence-corrected chi connectivity index (χ1v) is 4.77. The molecule has 0 aromatic heterocycles. The Morgan fingerprint density at radius 1 is 1.64 bits per heavy atom. The molecule has 0 saturated carbocycles. The van der Waals surface area contributed by atoms with Gasteiger partial charge >= 0.3 is 0 Å². The van der Waals surface area contributed by atoms with E-state index in [0.29, 0.717) is 12.0 Å². The molecule has 1 N–H and O–H groups in total. The van der Waals surface area contributed by atoms with Gasteiger partial charge in [0.15, 0.2) is 11.4 Å². The van der Waals surface area contributed by atoms with E-state index in [9.17, 15) is 9.90 Å². The van der Waals surface area contributed by atoms with Crippen molar-refractivity contribution in [2.75, 3.05) is 0 Å². The van der Waals surface area contributed by atoms with Crippen molar-refractivity contribution in [2.45, 2.75) is 31.8 Å². The topological polar surface area (TPSA) is 37.3 Å². The quantitative estimate of drug-likeness (QED) is 0.686. The molecule has 14 heavy (non-hydrogen) atoms. The van der Waals surface area contributed by atoms with Crippen LogP contribution >= 0.6 is 0 Å². The standard InChI is InChI=1S/C12H14O2/c1-3-5-6-10-9-11(13)7-8-12(10,14)4-2/h2,7-9,14H,3,5-6H2,1H3. The van der Waals surface area contributed by atoms with Crippen molar-refractivity contribution in [1.29, 1.82) is 0 Å². The second kappa shape index (κ2) is 4.26. The Morgan fingerprint density at radius 2 is 2.36 bits per heavy atom. The Labute approximate surface area is 84.3 Å². The van der Waals surface area contributed by atoms with Crippen LogP contribution in [0.1, 0.15) is 26.2 Å². The van der Waals surface area contributed by atoms with E-state index in [-0.39, 0.29) is 5.78 Å². The Hall–Kier alpha value is -1.33. The first kappa shape index (κ1) is 10.7. The van der Waals surface area contributed by atoms with Crippen LogP contribution in [0.5, 0.6) is 0 Å². The fraction of sp³-hybridized carbons (Fsp3) is 0.417. The van der Waals surface area contributed by atoms with Crippen molar-refractivity contribution < 1.29 is 9.90 Å². The summed E-state index contributed by atoms with van der Waals surface area (Å²) in [6.07, 6.45) is 12.0. The molecule has 0 aliphatic heterocycles. The summed E-state index contributed by atoms with van der Waals surface area (Å²) in [6.45, 7) is 2.05. The summed E-state index contributed by atoms with van der Waals surface area (Å²) in [4.78, 5) is 11.1. The summed E-state index contributed by atoms with van der Waals surface area (Å²) < 4.78 is 0. The number of ketones is 1. The molecule has 0 spiro atoms. The van der Waals surface area contributed by atoms with Crippen LogP contribution in [-0.2, 0) is 4.79 Å². The van der Waals surface area contributed by atoms with Gasteiger partial charge in [-0.2, -0.15) is 0 Å². The number of aliphatic hydroxyl groups is 1. The van der Waals surface area contributed by atoms with Gasteiger partial charge in [-0.05, 0) is 36.6 Å². The molecule has 0 bridgehead atoms. The van der Waals surface area contributed by atoms with Crippen molar-refractivity contribution in [1.82, 2.24) is 0 Å². The normalized spacial score (nSPS) is 25.8. The molecule has 1 atom stereocenters. The molecule has 1 aliphatic carbocycles. The van der Waals surface area contributed by atoms with Crippen molar-refractivity contribution in [3.63, 3.8) is 0 Å². The average Bonchev–Trinajstić information content (AvgIpc) is 2.20. The van der Waals surface area contributed by atoms with E-state index in [2.05, 4.69) is 12.8 Å². The fourth-order valence-corrected chi connectivity index (χ4v) is 1.41. The van der Waals surface area contributed by atoms with Crippen molar-refractivity contribution in [3.8, 4) is 12.3 Å². The molecule has 0 aromatic rings. The van der Waals surface area contributed by atoms with Gasteiger partial charge in [0, 0.05) is 0 Å².